The molecule has 8 heteroatoms. The van der Waals surface area contributed by atoms with E-state index in [1.165, 1.54) is 37.4 Å². The van der Waals surface area contributed by atoms with Crippen molar-refractivity contribution in [1.82, 2.24) is 0 Å². The van der Waals surface area contributed by atoms with Crippen molar-refractivity contribution in [2.75, 3.05) is 7.11 Å². The van der Waals surface area contributed by atoms with Gasteiger partial charge in [0.1, 0.15) is 12.4 Å². The Morgan fingerprint density at radius 2 is 2.04 bits per heavy atom. The van der Waals surface area contributed by atoms with E-state index >= 15 is 0 Å². The molecule has 2 rings (SSSR count). The summed E-state index contributed by atoms with van der Waals surface area (Å²) in [6.07, 6.45) is 0. The summed E-state index contributed by atoms with van der Waals surface area (Å²) in [6, 6.07) is 10.2. The lowest BCUT2D eigenvalue weighted by Crippen LogP contribution is -2.09. The average molecular weight is 319 g/mol. The Balaban J connectivity index is 2.11. The Morgan fingerprint density at radius 1 is 1.26 bits per heavy atom. The Kier molecular flexibility index (Phi) is 4.98. The second-order valence-corrected chi connectivity index (χ2v) is 4.42. The van der Waals surface area contributed by atoms with Crippen LogP contribution in [0.4, 0.5) is 0 Å². The van der Waals surface area contributed by atoms with Gasteiger partial charge in [0.05, 0.1) is 12.7 Å². The zero-order valence-electron chi connectivity index (χ0n) is 12.1. The molecule has 0 saturated carbocycles. The minimum Gasteiger partial charge on any atom is -0.504 e. The Bertz CT molecular complexity index is 730. The minimum atomic E-state index is -0.901. The van der Waals surface area contributed by atoms with Crippen LogP contribution in [0.5, 0.6) is 17.2 Å². The first-order valence-electron chi connectivity index (χ1n) is 6.45. The molecule has 120 valence electrons. The van der Waals surface area contributed by atoms with Gasteiger partial charge in [-0.2, -0.15) is 0 Å². The van der Waals surface area contributed by atoms with E-state index in [-0.39, 0.29) is 29.4 Å². The molecule has 0 aromatic heterocycles. The van der Waals surface area contributed by atoms with Crippen molar-refractivity contribution in [3.8, 4) is 17.2 Å². The molecule has 0 amide bonds. The van der Waals surface area contributed by atoms with Gasteiger partial charge in [-0.15, -0.1) is 10.1 Å². The highest BCUT2D eigenvalue weighted by Crippen LogP contribution is 2.27. The van der Waals surface area contributed by atoms with Gasteiger partial charge >= 0.3 is 5.97 Å². The van der Waals surface area contributed by atoms with Crippen LogP contribution >= 0.6 is 0 Å². The fourth-order valence-electron chi connectivity index (χ4n) is 1.80. The van der Waals surface area contributed by atoms with Gasteiger partial charge in [0, 0.05) is 0 Å². The van der Waals surface area contributed by atoms with Crippen LogP contribution in [-0.2, 0) is 11.4 Å². The van der Waals surface area contributed by atoms with Crippen LogP contribution in [0.15, 0.2) is 42.5 Å². The quantitative estimate of drug-likeness (QED) is 0.377. The molecular formula is C15H13NO7. The minimum absolute atomic E-state index is 0.0945. The average Bonchev–Trinajstić information content (AvgIpc) is 2.53. The van der Waals surface area contributed by atoms with Crippen LogP contribution in [0.25, 0.3) is 0 Å². The normalized spacial score (nSPS) is 9.96. The second kappa shape index (κ2) is 7.12. The number of rotatable bonds is 6. The highest BCUT2D eigenvalue weighted by molar-refractivity contribution is 5.91. The number of carbonyl (C=O) groups is 1. The third-order valence-corrected chi connectivity index (χ3v) is 2.86. The molecule has 2 aromatic rings. The van der Waals surface area contributed by atoms with Crippen LogP contribution in [0.3, 0.4) is 0 Å². The molecule has 8 nitrogen and oxygen atoms in total. The molecule has 2 aromatic carbocycles. The molecule has 23 heavy (non-hydrogen) atoms. The monoisotopic (exact) mass is 319 g/mol. The third-order valence-electron chi connectivity index (χ3n) is 2.86. The molecule has 0 bridgehead atoms. The van der Waals surface area contributed by atoms with Gasteiger partial charge < -0.3 is 19.4 Å². The van der Waals surface area contributed by atoms with Gasteiger partial charge in [-0.05, 0) is 35.9 Å². The van der Waals surface area contributed by atoms with Crippen molar-refractivity contribution in [2.45, 2.75) is 6.61 Å². The van der Waals surface area contributed by atoms with Crippen LogP contribution in [0.2, 0.25) is 0 Å². The van der Waals surface area contributed by atoms with Crippen molar-refractivity contribution in [3.63, 3.8) is 0 Å². The molecule has 0 aliphatic rings. The number of esters is 1. The summed E-state index contributed by atoms with van der Waals surface area (Å²) in [5.41, 5.74) is 0.668. The third kappa shape index (κ3) is 4.34. The molecular weight excluding hydrogens is 306 g/mol. The lowest BCUT2D eigenvalue weighted by Gasteiger charge is -2.08. The summed E-state index contributed by atoms with van der Waals surface area (Å²) in [5, 5.41) is 18.8. The number of hydrogen-bond acceptors (Lipinski definition) is 7. The molecule has 0 atom stereocenters. The van der Waals surface area contributed by atoms with Crippen molar-refractivity contribution in [1.29, 1.82) is 0 Å². The molecule has 0 fully saturated rings. The lowest BCUT2D eigenvalue weighted by molar-refractivity contribution is -0.763. The topological polar surface area (TPSA) is 108 Å². The summed E-state index contributed by atoms with van der Waals surface area (Å²) < 4.78 is 10.1. The predicted molar refractivity (Wildman–Crippen MR) is 77.8 cm³/mol. The fraction of sp³-hybridized carbons (Fsp3) is 0.133. The Morgan fingerprint density at radius 3 is 2.74 bits per heavy atom. The van der Waals surface area contributed by atoms with Gasteiger partial charge in [-0.1, -0.05) is 12.1 Å². The molecule has 0 aliphatic heterocycles. The van der Waals surface area contributed by atoms with E-state index in [0.29, 0.717) is 5.56 Å². The fourth-order valence-corrected chi connectivity index (χ4v) is 1.80. The zero-order valence-corrected chi connectivity index (χ0v) is 12.1. The first-order chi connectivity index (χ1) is 11.0. The van der Waals surface area contributed by atoms with Crippen molar-refractivity contribution in [2.24, 2.45) is 0 Å². The highest BCUT2D eigenvalue weighted by atomic mass is 16.9. The highest BCUT2D eigenvalue weighted by Gasteiger charge is 2.12. The number of phenols is 1. The number of hydrogen-bond donors (Lipinski definition) is 1. The van der Waals surface area contributed by atoms with Crippen molar-refractivity contribution >= 4 is 5.97 Å². The summed E-state index contributed by atoms with van der Waals surface area (Å²) in [7, 11) is 1.36. The smallest absolute Gasteiger partial charge is 0.343 e. The summed E-state index contributed by atoms with van der Waals surface area (Å²) in [4.78, 5) is 26.5. The molecule has 0 saturated heterocycles. The number of methoxy groups -OCH3 is 1. The van der Waals surface area contributed by atoms with E-state index in [9.17, 15) is 20.0 Å². The standard InChI is InChI=1S/C15H13NO7/c1-21-14-8-11(5-6-13(14)17)15(18)23-12-4-2-3-10(7-12)9-22-16(19)20/h2-8,17H,9H2,1H3. The van der Waals surface area contributed by atoms with Crippen LogP contribution < -0.4 is 9.47 Å². The van der Waals surface area contributed by atoms with Crippen molar-refractivity contribution < 1.29 is 29.3 Å². The lowest BCUT2D eigenvalue weighted by atomic mass is 10.2. The SMILES string of the molecule is COc1cc(C(=O)Oc2cccc(CO[N+](=O)[O-])c2)ccc1O. The molecule has 0 unspecified atom stereocenters. The predicted octanol–water partition coefficient (Wildman–Crippen LogP) is 2.33. The first kappa shape index (κ1) is 16.1. The molecule has 0 aliphatic carbocycles. The number of aromatic hydroxyl groups is 1. The largest absolute Gasteiger partial charge is 0.504 e. The number of carbonyl (C=O) groups excluding carboxylic acids is 1. The van der Waals surface area contributed by atoms with Gasteiger partial charge in [-0.25, -0.2) is 4.79 Å². The number of phenolic OH excluding ortho intramolecular Hbond substituents is 1. The zero-order chi connectivity index (χ0) is 16.8. The first-order valence-corrected chi connectivity index (χ1v) is 6.45. The molecule has 0 spiro atoms. The van der Waals surface area contributed by atoms with E-state index in [1.54, 1.807) is 12.1 Å². The maximum atomic E-state index is 12.1. The van der Waals surface area contributed by atoms with E-state index < -0.39 is 11.1 Å². The Hall–Kier alpha value is -3.29. The summed E-state index contributed by atoms with van der Waals surface area (Å²) in [5.74, 6) is -0.391. The van der Waals surface area contributed by atoms with Crippen molar-refractivity contribution in [3.05, 3.63) is 63.7 Å². The maximum Gasteiger partial charge on any atom is 0.343 e. The number of nitrogens with zero attached hydrogens (tertiary/aromatic N) is 1. The van der Waals surface area contributed by atoms with Gasteiger partial charge in [0.15, 0.2) is 11.5 Å². The van der Waals surface area contributed by atoms with Crippen LogP contribution in [0, 0.1) is 10.1 Å². The van der Waals surface area contributed by atoms with Gasteiger partial charge in [0.2, 0.25) is 0 Å². The second-order valence-electron chi connectivity index (χ2n) is 4.42. The molecule has 0 radical (unpaired) electrons. The summed E-state index contributed by atoms with van der Waals surface area (Å²) >= 11 is 0. The number of benzene rings is 2. The Labute approximate surface area is 130 Å². The van der Waals surface area contributed by atoms with Crippen LogP contribution in [-0.4, -0.2) is 23.3 Å². The van der Waals surface area contributed by atoms with E-state index in [1.807, 2.05) is 0 Å². The summed E-state index contributed by atoms with van der Waals surface area (Å²) in [6.45, 7) is -0.245. The van der Waals surface area contributed by atoms with E-state index in [0.717, 1.165) is 0 Å². The molecule has 0 heterocycles. The molecule has 1 N–H and O–H groups in total. The van der Waals surface area contributed by atoms with Gasteiger partial charge in [0.25, 0.3) is 5.09 Å². The maximum absolute atomic E-state index is 12.1. The van der Waals surface area contributed by atoms with Crippen LogP contribution in [0.1, 0.15) is 15.9 Å². The van der Waals surface area contributed by atoms with E-state index in [4.69, 9.17) is 9.47 Å². The number of ether oxygens (including phenoxy) is 2. The van der Waals surface area contributed by atoms with E-state index in [2.05, 4.69) is 4.84 Å². The van der Waals surface area contributed by atoms with Gasteiger partial charge in [-0.3, -0.25) is 0 Å².